The summed E-state index contributed by atoms with van der Waals surface area (Å²) < 4.78 is 13.1. The highest BCUT2D eigenvalue weighted by molar-refractivity contribution is 5.81. The fourth-order valence-corrected chi connectivity index (χ4v) is 2.24. The quantitative estimate of drug-likeness (QED) is 0.779. The van der Waals surface area contributed by atoms with E-state index in [0.717, 1.165) is 17.5 Å². The molecule has 0 aliphatic carbocycles. The minimum absolute atomic E-state index is 0.192. The van der Waals surface area contributed by atoms with Gasteiger partial charge >= 0.3 is 0 Å². The van der Waals surface area contributed by atoms with Gasteiger partial charge in [-0.25, -0.2) is 4.39 Å². The summed E-state index contributed by atoms with van der Waals surface area (Å²) in [5.41, 5.74) is 2.16. The zero-order valence-corrected chi connectivity index (χ0v) is 11.0. The third-order valence-electron chi connectivity index (χ3n) is 3.25. The van der Waals surface area contributed by atoms with E-state index in [4.69, 9.17) is 0 Å². The standard InChI is InChI=1S/C17H15FN2/c18-17-3-1-2-13(9-17)10-20-11-14-4-5-16-12-19-7-6-15(16)8-14/h1-9,12,20H,10-11H2. The van der Waals surface area contributed by atoms with Crippen molar-refractivity contribution < 1.29 is 4.39 Å². The summed E-state index contributed by atoms with van der Waals surface area (Å²) in [6, 6.07) is 15.0. The molecule has 0 bridgehead atoms. The maximum atomic E-state index is 13.1. The summed E-state index contributed by atoms with van der Waals surface area (Å²) >= 11 is 0. The molecular weight excluding hydrogens is 251 g/mol. The van der Waals surface area contributed by atoms with Gasteiger partial charge in [0, 0.05) is 30.9 Å². The largest absolute Gasteiger partial charge is 0.309 e. The van der Waals surface area contributed by atoms with Gasteiger partial charge in [-0.1, -0.05) is 24.3 Å². The van der Waals surface area contributed by atoms with Crippen molar-refractivity contribution in [3.8, 4) is 0 Å². The fourth-order valence-electron chi connectivity index (χ4n) is 2.24. The van der Waals surface area contributed by atoms with Crippen LogP contribution in [-0.2, 0) is 13.1 Å². The normalized spacial score (nSPS) is 10.8. The van der Waals surface area contributed by atoms with Crippen LogP contribution in [0.2, 0.25) is 0 Å². The Hall–Kier alpha value is -2.26. The first-order valence-corrected chi connectivity index (χ1v) is 6.59. The number of hydrogen-bond acceptors (Lipinski definition) is 2. The summed E-state index contributed by atoms with van der Waals surface area (Å²) in [6.07, 6.45) is 3.66. The average molecular weight is 266 g/mol. The Morgan fingerprint density at radius 2 is 1.75 bits per heavy atom. The second-order valence-corrected chi connectivity index (χ2v) is 4.79. The van der Waals surface area contributed by atoms with Gasteiger partial charge in [0.1, 0.15) is 5.82 Å². The average Bonchev–Trinajstić information content (AvgIpc) is 2.47. The highest BCUT2D eigenvalue weighted by Gasteiger charge is 1.98. The van der Waals surface area contributed by atoms with E-state index in [1.165, 1.54) is 17.0 Å². The van der Waals surface area contributed by atoms with Gasteiger partial charge in [0.05, 0.1) is 0 Å². The molecule has 0 unspecified atom stereocenters. The topological polar surface area (TPSA) is 24.9 Å². The zero-order chi connectivity index (χ0) is 13.8. The van der Waals surface area contributed by atoms with Gasteiger partial charge in [0.2, 0.25) is 0 Å². The molecule has 3 heteroatoms. The molecule has 0 saturated heterocycles. The van der Waals surface area contributed by atoms with Crippen LogP contribution in [0.3, 0.4) is 0 Å². The van der Waals surface area contributed by atoms with E-state index in [-0.39, 0.29) is 5.82 Å². The molecule has 0 amide bonds. The lowest BCUT2D eigenvalue weighted by molar-refractivity contribution is 0.620. The van der Waals surface area contributed by atoms with Crippen molar-refractivity contribution in [2.75, 3.05) is 0 Å². The molecule has 1 aromatic heterocycles. The predicted molar refractivity (Wildman–Crippen MR) is 78.7 cm³/mol. The van der Waals surface area contributed by atoms with Crippen molar-refractivity contribution in [2.45, 2.75) is 13.1 Å². The molecule has 3 aromatic rings. The Balaban J connectivity index is 1.65. The van der Waals surface area contributed by atoms with Crippen LogP contribution in [0.25, 0.3) is 10.8 Å². The maximum Gasteiger partial charge on any atom is 0.123 e. The smallest absolute Gasteiger partial charge is 0.123 e. The van der Waals surface area contributed by atoms with Crippen molar-refractivity contribution >= 4 is 10.8 Å². The highest BCUT2D eigenvalue weighted by Crippen LogP contribution is 2.14. The van der Waals surface area contributed by atoms with E-state index in [1.54, 1.807) is 18.3 Å². The van der Waals surface area contributed by atoms with Crippen molar-refractivity contribution in [1.82, 2.24) is 10.3 Å². The fraction of sp³-hybridized carbons (Fsp3) is 0.118. The molecule has 2 nitrogen and oxygen atoms in total. The van der Waals surface area contributed by atoms with E-state index < -0.39 is 0 Å². The number of hydrogen-bond donors (Lipinski definition) is 1. The number of fused-ring (bicyclic) bond motifs is 1. The third-order valence-corrected chi connectivity index (χ3v) is 3.25. The Morgan fingerprint density at radius 1 is 0.900 bits per heavy atom. The molecule has 2 aromatic carbocycles. The van der Waals surface area contributed by atoms with E-state index in [0.29, 0.717) is 6.54 Å². The summed E-state index contributed by atoms with van der Waals surface area (Å²) in [4.78, 5) is 4.10. The lowest BCUT2D eigenvalue weighted by Crippen LogP contribution is -2.12. The van der Waals surface area contributed by atoms with E-state index >= 15 is 0 Å². The van der Waals surface area contributed by atoms with Gasteiger partial charge < -0.3 is 5.32 Å². The number of benzene rings is 2. The molecule has 0 atom stereocenters. The number of aromatic nitrogens is 1. The van der Waals surface area contributed by atoms with Crippen LogP contribution < -0.4 is 5.32 Å². The molecule has 100 valence electrons. The van der Waals surface area contributed by atoms with Crippen LogP contribution in [0, 0.1) is 5.82 Å². The van der Waals surface area contributed by atoms with E-state index in [1.807, 2.05) is 18.3 Å². The Bertz CT molecular complexity index is 725. The second-order valence-electron chi connectivity index (χ2n) is 4.79. The first-order valence-electron chi connectivity index (χ1n) is 6.59. The van der Waals surface area contributed by atoms with Gasteiger partial charge in [0.25, 0.3) is 0 Å². The SMILES string of the molecule is Fc1cccc(CNCc2ccc3cnccc3c2)c1. The highest BCUT2D eigenvalue weighted by atomic mass is 19.1. The summed E-state index contributed by atoms with van der Waals surface area (Å²) in [5.74, 6) is -0.192. The molecule has 1 heterocycles. The van der Waals surface area contributed by atoms with Gasteiger partial charge in [-0.05, 0) is 40.8 Å². The van der Waals surface area contributed by atoms with Crippen molar-refractivity contribution in [2.24, 2.45) is 0 Å². The monoisotopic (exact) mass is 266 g/mol. The lowest BCUT2D eigenvalue weighted by atomic mass is 10.1. The van der Waals surface area contributed by atoms with Crippen molar-refractivity contribution in [3.05, 3.63) is 77.9 Å². The van der Waals surface area contributed by atoms with Crippen molar-refractivity contribution in [3.63, 3.8) is 0 Å². The van der Waals surface area contributed by atoms with Crippen LogP contribution in [0.4, 0.5) is 4.39 Å². The molecule has 0 aliphatic heterocycles. The first-order chi connectivity index (χ1) is 9.81. The molecule has 0 radical (unpaired) electrons. The van der Waals surface area contributed by atoms with Crippen LogP contribution >= 0.6 is 0 Å². The molecule has 0 spiro atoms. The van der Waals surface area contributed by atoms with Crippen LogP contribution in [0.1, 0.15) is 11.1 Å². The molecule has 0 fully saturated rings. The zero-order valence-electron chi connectivity index (χ0n) is 11.0. The van der Waals surface area contributed by atoms with Gasteiger partial charge in [-0.15, -0.1) is 0 Å². The van der Waals surface area contributed by atoms with Crippen LogP contribution in [0.15, 0.2) is 60.9 Å². The molecule has 0 aliphatic rings. The number of rotatable bonds is 4. The number of pyridine rings is 1. The molecular formula is C17H15FN2. The second kappa shape index (κ2) is 5.80. The summed E-state index contributed by atoms with van der Waals surface area (Å²) in [7, 11) is 0. The lowest BCUT2D eigenvalue weighted by Gasteiger charge is -2.06. The Labute approximate surface area is 117 Å². The summed E-state index contributed by atoms with van der Waals surface area (Å²) in [5, 5.41) is 5.65. The molecule has 20 heavy (non-hydrogen) atoms. The minimum Gasteiger partial charge on any atom is -0.309 e. The molecule has 1 N–H and O–H groups in total. The van der Waals surface area contributed by atoms with Gasteiger partial charge in [-0.3, -0.25) is 4.98 Å². The third kappa shape index (κ3) is 3.00. The number of nitrogens with one attached hydrogen (secondary N) is 1. The number of halogens is 1. The minimum atomic E-state index is -0.192. The predicted octanol–water partition coefficient (Wildman–Crippen LogP) is 3.66. The summed E-state index contributed by atoms with van der Waals surface area (Å²) in [6.45, 7) is 1.42. The van der Waals surface area contributed by atoms with Crippen LogP contribution in [0.5, 0.6) is 0 Å². The molecule has 0 saturated carbocycles. The van der Waals surface area contributed by atoms with E-state index in [2.05, 4.69) is 28.5 Å². The molecule has 3 rings (SSSR count). The van der Waals surface area contributed by atoms with E-state index in [9.17, 15) is 4.39 Å². The Morgan fingerprint density at radius 3 is 2.60 bits per heavy atom. The van der Waals surface area contributed by atoms with Gasteiger partial charge in [-0.2, -0.15) is 0 Å². The Kier molecular flexibility index (Phi) is 3.70. The maximum absolute atomic E-state index is 13.1. The van der Waals surface area contributed by atoms with Crippen molar-refractivity contribution in [1.29, 1.82) is 0 Å². The van der Waals surface area contributed by atoms with Crippen LogP contribution in [-0.4, -0.2) is 4.98 Å². The first kappa shape index (κ1) is 12.8. The van der Waals surface area contributed by atoms with Gasteiger partial charge in [0.15, 0.2) is 0 Å². The number of nitrogens with zero attached hydrogens (tertiary/aromatic N) is 1.